The van der Waals surface area contributed by atoms with E-state index in [-0.39, 0.29) is 11.6 Å². The van der Waals surface area contributed by atoms with E-state index in [4.69, 9.17) is 0 Å². The van der Waals surface area contributed by atoms with E-state index in [9.17, 15) is 5.11 Å². The maximum atomic E-state index is 9.52. The Bertz CT molecular complexity index is 343. The first-order chi connectivity index (χ1) is 8.40. The molecule has 0 aromatic heterocycles. The average molecular weight is 267 g/mol. The van der Waals surface area contributed by atoms with Crippen LogP contribution >= 0.6 is 11.8 Å². The summed E-state index contributed by atoms with van der Waals surface area (Å²) >= 11 is 1.72. The minimum absolute atomic E-state index is 0.151. The second kappa shape index (κ2) is 7.17. The number of aliphatic hydroxyl groups is 1. The van der Waals surface area contributed by atoms with Crippen molar-refractivity contribution in [2.24, 2.45) is 0 Å². The van der Waals surface area contributed by atoms with Gasteiger partial charge in [-0.3, -0.25) is 0 Å². The maximum Gasteiger partial charge on any atom is 0.0631 e. The standard InChI is InChI=1S/C15H25NOS/c1-5-13(17)11-18-14-8-6-12(7-9-14)10-16-15(2,3)4/h6-9,13,16-17H,5,10-11H2,1-4H3. The second-order valence-corrected chi connectivity index (χ2v) is 6.71. The first-order valence-corrected chi connectivity index (χ1v) is 7.54. The first kappa shape index (κ1) is 15.5. The van der Waals surface area contributed by atoms with Gasteiger partial charge in [-0.15, -0.1) is 11.8 Å². The highest BCUT2D eigenvalue weighted by molar-refractivity contribution is 7.99. The molecule has 102 valence electrons. The molecule has 0 aliphatic carbocycles. The molecule has 2 nitrogen and oxygen atoms in total. The summed E-state index contributed by atoms with van der Waals surface area (Å²) in [7, 11) is 0. The van der Waals surface area contributed by atoms with Crippen molar-refractivity contribution in [2.75, 3.05) is 5.75 Å². The predicted octanol–water partition coefficient (Wildman–Crippen LogP) is 3.44. The molecule has 18 heavy (non-hydrogen) atoms. The van der Waals surface area contributed by atoms with E-state index >= 15 is 0 Å². The summed E-state index contributed by atoms with van der Waals surface area (Å²) in [4.78, 5) is 1.22. The van der Waals surface area contributed by atoms with Gasteiger partial charge in [-0.1, -0.05) is 19.1 Å². The SMILES string of the molecule is CCC(O)CSc1ccc(CNC(C)(C)C)cc1. The molecule has 1 unspecified atom stereocenters. The van der Waals surface area contributed by atoms with Gasteiger partial charge in [-0.2, -0.15) is 0 Å². The molecular weight excluding hydrogens is 242 g/mol. The Morgan fingerprint density at radius 3 is 2.33 bits per heavy atom. The zero-order valence-corrected chi connectivity index (χ0v) is 12.7. The molecule has 0 heterocycles. The number of nitrogens with one attached hydrogen (secondary N) is 1. The minimum Gasteiger partial charge on any atom is -0.392 e. The Morgan fingerprint density at radius 1 is 1.22 bits per heavy atom. The van der Waals surface area contributed by atoms with Crippen molar-refractivity contribution in [3.05, 3.63) is 29.8 Å². The fourth-order valence-corrected chi connectivity index (χ4v) is 2.33. The molecule has 1 aromatic rings. The lowest BCUT2D eigenvalue weighted by Crippen LogP contribution is -2.35. The normalized spacial score (nSPS) is 13.6. The summed E-state index contributed by atoms with van der Waals surface area (Å²) in [5.41, 5.74) is 1.45. The third-order valence-electron chi connectivity index (χ3n) is 2.66. The summed E-state index contributed by atoms with van der Waals surface area (Å²) in [6.45, 7) is 9.41. The van der Waals surface area contributed by atoms with Crippen LogP contribution in [0.15, 0.2) is 29.2 Å². The monoisotopic (exact) mass is 267 g/mol. The van der Waals surface area contributed by atoms with Gasteiger partial charge in [0.1, 0.15) is 0 Å². The van der Waals surface area contributed by atoms with Crippen LogP contribution in [0.25, 0.3) is 0 Å². The highest BCUT2D eigenvalue weighted by atomic mass is 32.2. The number of aliphatic hydroxyl groups excluding tert-OH is 1. The van der Waals surface area contributed by atoms with Crippen LogP contribution in [0.1, 0.15) is 39.7 Å². The van der Waals surface area contributed by atoms with Crippen LogP contribution in [0, 0.1) is 0 Å². The largest absolute Gasteiger partial charge is 0.392 e. The summed E-state index contributed by atoms with van der Waals surface area (Å²) in [6, 6.07) is 8.57. The lowest BCUT2D eigenvalue weighted by atomic mass is 10.1. The number of rotatable bonds is 6. The molecule has 0 spiro atoms. The minimum atomic E-state index is -0.197. The maximum absolute atomic E-state index is 9.52. The predicted molar refractivity (Wildman–Crippen MR) is 80.1 cm³/mol. The van der Waals surface area contributed by atoms with Gasteiger partial charge in [0.2, 0.25) is 0 Å². The van der Waals surface area contributed by atoms with Crippen LogP contribution in [0.5, 0.6) is 0 Å². The number of hydrogen-bond acceptors (Lipinski definition) is 3. The molecule has 0 fully saturated rings. The molecule has 1 aromatic carbocycles. The lowest BCUT2D eigenvalue weighted by Gasteiger charge is -2.20. The first-order valence-electron chi connectivity index (χ1n) is 6.55. The van der Waals surface area contributed by atoms with Crippen LogP contribution in [0.3, 0.4) is 0 Å². The van der Waals surface area contributed by atoms with E-state index < -0.39 is 0 Å². The molecule has 3 heteroatoms. The molecule has 0 amide bonds. The molecule has 0 saturated carbocycles. The second-order valence-electron chi connectivity index (χ2n) is 5.62. The third-order valence-corrected chi connectivity index (χ3v) is 3.82. The van der Waals surface area contributed by atoms with Crippen molar-refractivity contribution in [1.82, 2.24) is 5.32 Å². The Hall–Kier alpha value is -0.510. The van der Waals surface area contributed by atoms with Crippen molar-refractivity contribution in [2.45, 2.75) is 57.2 Å². The topological polar surface area (TPSA) is 32.3 Å². The highest BCUT2D eigenvalue weighted by Crippen LogP contribution is 2.20. The van der Waals surface area contributed by atoms with Crippen molar-refractivity contribution < 1.29 is 5.11 Å². The molecular formula is C15H25NOS. The number of hydrogen-bond donors (Lipinski definition) is 2. The molecule has 1 atom stereocenters. The third kappa shape index (κ3) is 6.43. The van der Waals surface area contributed by atoms with Crippen LogP contribution in [-0.2, 0) is 6.54 Å². The van der Waals surface area contributed by atoms with Crippen molar-refractivity contribution in [1.29, 1.82) is 0 Å². The van der Waals surface area contributed by atoms with Crippen LogP contribution in [0.2, 0.25) is 0 Å². The quantitative estimate of drug-likeness (QED) is 0.774. The highest BCUT2D eigenvalue weighted by Gasteiger charge is 2.08. The zero-order chi connectivity index (χ0) is 13.6. The molecule has 2 N–H and O–H groups in total. The fraction of sp³-hybridized carbons (Fsp3) is 0.600. The Labute approximate surface area is 115 Å². The molecule has 0 aliphatic heterocycles. The van der Waals surface area contributed by atoms with Gasteiger partial charge in [0, 0.05) is 22.7 Å². The molecule has 0 saturated heterocycles. The van der Waals surface area contributed by atoms with E-state index in [0.29, 0.717) is 0 Å². The van der Waals surface area contributed by atoms with Gasteiger partial charge < -0.3 is 10.4 Å². The smallest absolute Gasteiger partial charge is 0.0631 e. The van der Waals surface area contributed by atoms with E-state index in [1.54, 1.807) is 11.8 Å². The van der Waals surface area contributed by atoms with E-state index in [0.717, 1.165) is 18.7 Å². The summed E-state index contributed by atoms with van der Waals surface area (Å²) in [6.07, 6.45) is 0.623. The zero-order valence-electron chi connectivity index (χ0n) is 11.9. The number of thioether (sulfide) groups is 1. The number of benzene rings is 1. The summed E-state index contributed by atoms with van der Waals surface area (Å²) in [5, 5.41) is 13.0. The van der Waals surface area contributed by atoms with Gasteiger partial charge in [-0.25, -0.2) is 0 Å². The molecule has 0 aliphatic rings. The van der Waals surface area contributed by atoms with Crippen molar-refractivity contribution >= 4 is 11.8 Å². The van der Waals surface area contributed by atoms with Crippen LogP contribution in [-0.4, -0.2) is 22.5 Å². The van der Waals surface area contributed by atoms with E-state index in [1.165, 1.54) is 10.5 Å². The van der Waals surface area contributed by atoms with Gasteiger partial charge >= 0.3 is 0 Å². The van der Waals surface area contributed by atoms with Gasteiger partial charge in [0.15, 0.2) is 0 Å². The van der Waals surface area contributed by atoms with E-state index in [1.807, 2.05) is 6.92 Å². The Kier molecular flexibility index (Phi) is 6.19. The van der Waals surface area contributed by atoms with Crippen molar-refractivity contribution in [3.8, 4) is 0 Å². The van der Waals surface area contributed by atoms with Gasteiger partial charge in [0.05, 0.1) is 6.10 Å². The van der Waals surface area contributed by atoms with Gasteiger partial charge in [-0.05, 0) is 44.9 Å². The molecule has 1 rings (SSSR count). The van der Waals surface area contributed by atoms with Crippen LogP contribution in [0.4, 0.5) is 0 Å². The summed E-state index contributed by atoms with van der Waals surface area (Å²) < 4.78 is 0. The van der Waals surface area contributed by atoms with Crippen LogP contribution < -0.4 is 5.32 Å². The Balaban J connectivity index is 2.42. The lowest BCUT2D eigenvalue weighted by molar-refractivity contribution is 0.195. The van der Waals surface area contributed by atoms with Gasteiger partial charge in [0.25, 0.3) is 0 Å². The average Bonchev–Trinajstić information content (AvgIpc) is 2.33. The fourth-order valence-electron chi connectivity index (χ4n) is 1.38. The molecule has 0 bridgehead atoms. The van der Waals surface area contributed by atoms with E-state index in [2.05, 4.69) is 50.4 Å². The molecule has 0 radical (unpaired) electrons. The van der Waals surface area contributed by atoms with Crippen molar-refractivity contribution in [3.63, 3.8) is 0 Å². The summed E-state index contributed by atoms with van der Waals surface area (Å²) in [5.74, 6) is 0.774. The Morgan fingerprint density at radius 2 is 1.83 bits per heavy atom.